The van der Waals surface area contributed by atoms with Crippen LogP contribution in [0.2, 0.25) is 0 Å². The summed E-state index contributed by atoms with van der Waals surface area (Å²) in [5.74, 6) is 0.477. The van der Waals surface area contributed by atoms with E-state index in [1.54, 1.807) is 12.3 Å². The highest BCUT2D eigenvalue weighted by atomic mass is 16.6. The van der Waals surface area contributed by atoms with E-state index >= 15 is 0 Å². The van der Waals surface area contributed by atoms with Crippen LogP contribution >= 0.6 is 0 Å². The molecule has 1 saturated heterocycles. The molecule has 3 rings (SSSR count). The lowest BCUT2D eigenvalue weighted by Crippen LogP contribution is -2.24. The summed E-state index contributed by atoms with van der Waals surface area (Å²) >= 11 is 0. The molecule has 0 bridgehead atoms. The van der Waals surface area contributed by atoms with Gasteiger partial charge in [0.05, 0.1) is 11.0 Å². The molecular weight excluding hydrogens is 266 g/mol. The van der Waals surface area contributed by atoms with Crippen LogP contribution in [0.15, 0.2) is 42.6 Å². The maximum Gasteiger partial charge on any atom is 0.311 e. The number of pyridine rings is 1. The van der Waals surface area contributed by atoms with Crippen molar-refractivity contribution in [1.29, 1.82) is 0 Å². The number of hydrogen-bond donors (Lipinski definition) is 0. The van der Waals surface area contributed by atoms with Crippen LogP contribution in [0.4, 0.5) is 11.5 Å². The summed E-state index contributed by atoms with van der Waals surface area (Å²) in [7, 11) is 0. The van der Waals surface area contributed by atoms with Crippen molar-refractivity contribution in [1.82, 2.24) is 4.98 Å². The molecule has 0 spiro atoms. The molecule has 1 unspecified atom stereocenters. The summed E-state index contributed by atoms with van der Waals surface area (Å²) in [6, 6.07) is 11.7. The quantitative estimate of drug-likeness (QED) is 0.637. The summed E-state index contributed by atoms with van der Waals surface area (Å²) in [4.78, 5) is 17.2. The molecule has 1 aliphatic rings. The molecule has 5 nitrogen and oxygen atoms in total. The van der Waals surface area contributed by atoms with Crippen LogP contribution in [0.3, 0.4) is 0 Å². The summed E-state index contributed by atoms with van der Waals surface area (Å²) in [6.07, 6.45) is 3.63. The topological polar surface area (TPSA) is 59.3 Å². The molecule has 1 fully saturated rings. The first-order valence-electron chi connectivity index (χ1n) is 7.09. The van der Waals surface area contributed by atoms with Crippen LogP contribution in [0.1, 0.15) is 30.0 Å². The summed E-state index contributed by atoms with van der Waals surface area (Å²) < 4.78 is 0. The second-order valence-electron chi connectivity index (χ2n) is 5.37. The van der Waals surface area contributed by atoms with E-state index < -0.39 is 0 Å². The van der Waals surface area contributed by atoms with Gasteiger partial charge in [-0.2, -0.15) is 0 Å². The van der Waals surface area contributed by atoms with Gasteiger partial charge in [0.15, 0.2) is 0 Å². The van der Waals surface area contributed by atoms with Crippen LogP contribution < -0.4 is 4.90 Å². The average Bonchev–Trinajstić information content (AvgIpc) is 2.97. The van der Waals surface area contributed by atoms with Gasteiger partial charge in [-0.3, -0.25) is 10.1 Å². The first-order valence-corrected chi connectivity index (χ1v) is 7.09. The molecule has 1 aromatic heterocycles. The zero-order valence-electron chi connectivity index (χ0n) is 11.9. The van der Waals surface area contributed by atoms with Gasteiger partial charge in [0.25, 0.3) is 0 Å². The van der Waals surface area contributed by atoms with Gasteiger partial charge in [-0.15, -0.1) is 0 Å². The Balaban J connectivity index is 1.98. The molecule has 21 heavy (non-hydrogen) atoms. The number of rotatable bonds is 3. The lowest BCUT2D eigenvalue weighted by molar-refractivity contribution is -0.384. The molecule has 2 aromatic rings. The standard InChI is InChI=1S/C16H17N3O2/c1-12-6-8-13(9-7-12)14-5-3-11-18(14)16-15(19(20)21)4-2-10-17-16/h2,4,6-10,14H,3,5,11H2,1H3. The number of anilines is 1. The van der Waals surface area contributed by atoms with Crippen molar-refractivity contribution in [3.8, 4) is 0 Å². The molecule has 108 valence electrons. The first-order chi connectivity index (χ1) is 10.2. The number of aryl methyl sites for hydroxylation is 1. The Morgan fingerprint density at radius 2 is 2.05 bits per heavy atom. The molecule has 0 radical (unpaired) electrons. The van der Waals surface area contributed by atoms with Crippen molar-refractivity contribution in [2.75, 3.05) is 11.4 Å². The fraction of sp³-hybridized carbons (Fsp3) is 0.312. The number of aromatic nitrogens is 1. The zero-order valence-corrected chi connectivity index (χ0v) is 11.9. The van der Waals surface area contributed by atoms with Crippen molar-refractivity contribution in [2.24, 2.45) is 0 Å². The van der Waals surface area contributed by atoms with Crippen molar-refractivity contribution in [3.05, 3.63) is 63.8 Å². The van der Waals surface area contributed by atoms with E-state index in [2.05, 4.69) is 41.1 Å². The SMILES string of the molecule is Cc1ccc(C2CCCN2c2ncccc2[N+](=O)[O-])cc1. The van der Waals surface area contributed by atoms with Crippen molar-refractivity contribution < 1.29 is 4.92 Å². The van der Waals surface area contributed by atoms with Crippen LogP contribution in [0.5, 0.6) is 0 Å². The maximum atomic E-state index is 11.2. The Bertz CT molecular complexity index is 655. The van der Waals surface area contributed by atoms with E-state index in [1.807, 2.05) is 0 Å². The highest BCUT2D eigenvalue weighted by molar-refractivity contribution is 5.59. The first kappa shape index (κ1) is 13.5. The van der Waals surface area contributed by atoms with E-state index in [4.69, 9.17) is 0 Å². The molecule has 1 aromatic carbocycles. The number of hydrogen-bond acceptors (Lipinski definition) is 4. The van der Waals surface area contributed by atoms with E-state index in [0.717, 1.165) is 19.4 Å². The predicted octanol–water partition coefficient (Wildman–Crippen LogP) is 3.64. The van der Waals surface area contributed by atoms with E-state index in [-0.39, 0.29) is 16.7 Å². The Hall–Kier alpha value is -2.43. The number of nitrogens with zero attached hydrogens (tertiary/aromatic N) is 3. The van der Waals surface area contributed by atoms with E-state index in [1.165, 1.54) is 17.2 Å². The maximum absolute atomic E-state index is 11.2. The highest BCUT2D eigenvalue weighted by Gasteiger charge is 2.31. The minimum Gasteiger partial charge on any atom is -0.344 e. The van der Waals surface area contributed by atoms with Gasteiger partial charge in [0.1, 0.15) is 0 Å². The minimum atomic E-state index is -0.354. The van der Waals surface area contributed by atoms with Gasteiger partial charge in [-0.25, -0.2) is 4.98 Å². The lowest BCUT2D eigenvalue weighted by Gasteiger charge is -2.25. The van der Waals surface area contributed by atoms with Gasteiger partial charge in [0.2, 0.25) is 5.82 Å². The molecule has 0 amide bonds. The van der Waals surface area contributed by atoms with Gasteiger partial charge < -0.3 is 4.90 Å². The summed E-state index contributed by atoms with van der Waals surface area (Å²) in [6.45, 7) is 2.86. The van der Waals surface area contributed by atoms with Crippen molar-refractivity contribution in [3.63, 3.8) is 0 Å². The molecular formula is C16H17N3O2. The van der Waals surface area contributed by atoms with Crippen molar-refractivity contribution >= 4 is 11.5 Å². The van der Waals surface area contributed by atoms with Crippen molar-refractivity contribution in [2.45, 2.75) is 25.8 Å². The minimum absolute atomic E-state index is 0.0801. The van der Waals surface area contributed by atoms with Crippen LogP contribution in [-0.4, -0.2) is 16.5 Å². The largest absolute Gasteiger partial charge is 0.344 e. The Morgan fingerprint density at radius 3 is 2.76 bits per heavy atom. The molecule has 2 heterocycles. The second kappa shape index (κ2) is 5.52. The molecule has 1 aliphatic heterocycles. The van der Waals surface area contributed by atoms with E-state index in [0.29, 0.717) is 5.82 Å². The number of nitro groups is 1. The zero-order chi connectivity index (χ0) is 14.8. The van der Waals surface area contributed by atoms with Gasteiger partial charge >= 0.3 is 5.69 Å². The Labute approximate surface area is 123 Å². The summed E-state index contributed by atoms with van der Waals surface area (Å²) in [5, 5.41) is 11.2. The molecule has 1 atom stereocenters. The normalized spacial score (nSPS) is 18.0. The van der Waals surface area contributed by atoms with Gasteiger partial charge in [0, 0.05) is 18.8 Å². The Morgan fingerprint density at radius 1 is 1.29 bits per heavy atom. The summed E-state index contributed by atoms with van der Waals surface area (Å²) in [5.41, 5.74) is 2.49. The fourth-order valence-corrected chi connectivity index (χ4v) is 2.91. The third-order valence-corrected chi connectivity index (χ3v) is 3.95. The third kappa shape index (κ3) is 2.59. The smallest absolute Gasteiger partial charge is 0.311 e. The highest BCUT2D eigenvalue weighted by Crippen LogP contribution is 2.38. The molecule has 0 aliphatic carbocycles. The molecule has 5 heteroatoms. The van der Waals surface area contributed by atoms with Gasteiger partial charge in [-0.1, -0.05) is 29.8 Å². The van der Waals surface area contributed by atoms with E-state index in [9.17, 15) is 10.1 Å². The lowest BCUT2D eigenvalue weighted by atomic mass is 10.0. The second-order valence-corrected chi connectivity index (χ2v) is 5.37. The fourth-order valence-electron chi connectivity index (χ4n) is 2.91. The number of benzene rings is 1. The van der Waals surface area contributed by atoms with Crippen LogP contribution in [-0.2, 0) is 0 Å². The predicted molar refractivity (Wildman–Crippen MR) is 81.4 cm³/mol. The van der Waals surface area contributed by atoms with Crippen LogP contribution in [0, 0.1) is 17.0 Å². The average molecular weight is 283 g/mol. The van der Waals surface area contributed by atoms with Crippen LogP contribution in [0.25, 0.3) is 0 Å². The molecule has 0 N–H and O–H groups in total. The van der Waals surface area contributed by atoms with Gasteiger partial charge in [-0.05, 0) is 31.4 Å². The molecule has 0 saturated carbocycles. The monoisotopic (exact) mass is 283 g/mol. The Kier molecular flexibility index (Phi) is 3.56. The third-order valence-electron chi connectivity index (χ3n) is 3.95.